The minimum atomic E-state index is -5.05. The molecule has 0 saturated heterocycles. The molecule has 0 aliphatic heterocycles. The van der Waals surface area contributed by atoms with Crippen LogP contribution in [0.1, 0.15) is 37.4 Å². The lowest BCUT2D eigenvalue weighted by Crippen LogP contribution is -2.58. The topological polar surface area (TPSA) is 83.2 Å². The molecule has 0 saturated carbocycles. The van der Waals surface area contributed by atoms with Gasteiger partial charge < -0.3 is 15.5 Å². The molecule has 2 aromatic heterocycles. The smallest absolute Gasteiger partial charge is 0.419 e. The van der Waals surface area contributed by atoms with Crippen LogP contribution in [-0.2, 0) is 5.41 Å². The highest BCUT2D eigenvalue weighted by Gasteiger charge is 2.64. The van der Waals surface area contributed by atoms with E-state index in [2.05, 4.69) is 15.4 Å². The predicted molar refractivity (Wildman–Crippen MR) is 122 cm³/mol. The van der Waals surface area contributed by atoms with E-state index in [1.54, 1.807) is 12.1 Å². The third-order valence-corrected chi connectivity index (χ3v) is 6.70. The molecule has 5 rings (SSSR count). The molecule has 188 valence electrons. The van der Waals surface area contributed by atoms with Crippen molar-refractivity contribution >= 4 is 16.6 Å². The van der Waals surface area contributed by atoms with Gasteiger partial charge in [0.1, 0.15) is 0 Å². The number of halogens is 5. The summed E-state index contributed by atoms with van der Waals surface area (Å²) in [6.45, 7) is 2.83. The molecule has 0 amide bonds. The summed E-state index contributed by atoms with van der Waals surface area (Å²) < 4.78 is 72.1. The van der Waals surface area contributed by atoms with Gasteiger partial charge in [0.05, 0.1) is 29.6 Å². The van der Waals surface area contributed by atoms with Crippen molar-refractivity contribution in [2.45, 2.75) is 43.5 Å². The minimum Gasteiger partial charge on any atom is -0.505 e. The van der Waals surface area contributed by atoms with Crippen molar-refractivity contribution in [3.8, 4) is 11.4 Å². The number of aliphatic hydroxyl groups is 1. The Labute approximate surface area is 202 Å². The summed E-state index contributed by atoms with van der Waals surface area (Å²) in [6.07, 6.45) is -3.19. The quantitative estimate of drug-likeness (QED) is 0.252. The van der Waals surface area contributed by atoms with Crippen molar-refractivity contribution in [2.24, 2.45) is 0 Å². The average molecular weight is 504 g/mol. The van der Waals surface area contributed by atoms with Crippen molar-refractivity contribution in [2.75, 3.05) is 5.32 Å². The maximum atomic E-state index is 14.4. The zero-order chi connectivity index (χ0) is 26.0. The first-order valence-corrected chi connectivity index (χ1v) is 11.0. The molecule has 0 bridgehead atoms. The van der Waals surface area contributed by atoms with Crippen LogP contribution in [0, 0.1) is 11.8 Å². The number of hydrogen-bond acceptors (Lipinski definition) is 5. The standard InChI is InChI=1S/C25H21F5N4O2/c1-23(2)12-24(36,25(28,29)30)22(14-7-8-16(26)21(35)20(14)23)33-17-4-3-5-18-15(17)11-32-34(18)13-6-9-19(27)31-10-13/h3-11,22,33,35-36H,12H2,1-2H3/t22?,24-/m1/s1. The molecule has 0 spiro atoms. The molecule has 0 radical (unpaired) electrons. The number of phenols is 1. The summed E-state index contributed by atoms with van der Waals surface area (Å²) in [5.74, 6) is -2.39. The number of nitrogens with one attached hydrogen (secondary N) is 1. The number of benzene rings is 2. The van der Waals surface area contributed by atoms with Crippen LogP contribution in [0.15, 0.2) is 54.9 Å². The van der Waals surface area contributed by atoms with Gasteiger partial charge >= 0.3 is 6.18 Å². The van der Waals surface area contributed by atoms with Crippen molar-refractivity contribution in [3.63, 3.8) is 0 Å². The van der Waals surface area contributed by atoms with Crippen LogP contribution < -0.4 is 5.32 Å². The van der Waals surface area contributed by atoms with Crippen LogP contribution in [0.25, 0.3) is 16.6 Å². The Balaban J connectivity index is 1.67. The molecule has 0 fully saturated rings. The molecule has 4 aromatic rings. The van der Waals surface area contributed by atoms with Crippen LogP contribution in [-0.4, -0.2) is 36.8 Å². The van der Waals surface area contributed by atoms with Gasteiger partial charge in [-0.2, -0.15) is 22.7 Å². The van der Waals surface area contributed by atoms with Crippen LogP contribution in [0.3, 0.4) is 0 Å². The second-order valence-corrected chi connectivity index (χ2v) is 9.55. The summed E-state index contributed by atoms with van der Waals surface area (Å²) in [7, 11) is 0. The third-order valence-electron chi connectivity index (χ3n) is 6.70. The van der Waals surface area contributed by atoms with Crippen molar-refractivity contribution < 1.29 is 32.2 Å². The first kappa shape index (κ1) is 24.0. The fourth-order valence-electron chi connectivity index (χ4n) is 5.15. The second-order valence-electron chi connectivity index (χ2n) is 9.55. The molecular weight excluding hydrogens is 483 g/mol. The maximum Gasteiger partial charge on any atom is 0.419 e. The van der Waals surface area contributed by atoms with Gasteiger partial charge in [-0.05, 0) is 47.7 Å². The lowest BCUT2D eigenvalue weighted by Gasteiger charge is -2.49. The van der Waals surface area contributed by atoms with E-state index in [4.69, 9.17) is 0 Å². The molecule has 2 atom stereocenters. The Morgan fingerprint density at radius 2 is 1.81 bits per heavy atom. The number of rotatable bonds is 3. The Morgan fingerprint density at radius 1 is 1.06 bits per heavy atom. The second kappa shape index (κ2) is 7.89. The Bertz CT molecular complexity index is 1470. The minimum absolute atomic E-state index is 0.00539. The number of pyridine rings is 1. The van der Waals surface area contributed by atoms with Crippen LogP contribution in [0.2, 0.25) is 0 Å². The first-order chi connectivity index (χ1) is 16.8. The van der Waals surface area contributed by atoms with E-state index in [1.807, 2.05) is 0 Å². The summed E-state index contributed by atoms with van der Waals surface area (Å²) in [5.41, 5.74) is -3.58. The largest absolute Gasteiger partial charge is 0.505 e. The van der Waals surface area contributed by atoms with Crippen molar-refractivity contribution in [1.82, 2.24) is 14.8 Å². The van der Waals surface area contributed by atoms with Gasteiger partial charge in [-0.3, -0.25) is 0 Å². The number of fused-ring (bicyclic) bond motifs is 2. The lowest BCUT2D eigenvalue weighted by molar-refractivity contribution is -0.276. The zero-order valence-electron chi connectivity index (χ0n) is 19.1. The van der Waals surface area contributed by atoms with Gasteiger partial charge in [-0.1, -0.05) is 26.0 Å². The number of anilines is 1. The number of phenolic OH excluding ortho intramolecular Hbond substituents is 1. The molecule has 2 heterocycles. The molecule has 1 aliphatic rings. The zero-order valence-corrected chi connectivity index (χ0v) is 19.1. The highest BCUT2D eigenvalue weighted by atomic mass is 19.4. The monoisotopic (exact) mass is 504 g/mol. The number of aromatic hydroxyl groups is 1. The Kier molecular flexibility index (Phi) is 5.26. The van der Waals surface area contributed by atoms with Gasteiger partial charge in [0.2, 0.25) is 5.95 Å². The first-order valence-electron chi connectivity index (χ1n) is 11.0. The van der Waals surface area contributed by atoms with Gasteiger partial charge in [-0.25, -0.2) is 14.1 Å². The van der Waals surface area contributed by atoms with Crippen molar-refractivity contribution in [3.05, 3.63) is 77.8 Å². The molecule has 11 heteroatoms. The van der Waals surface area contributed by atoms with Gasteiger partial charge in [0, 0.05) is 16.6 Å². The fraction of sp³-hybridized carbons (Fsp3) is 0.280. The molecule has 1 aliphatic carbocycles. The molecule has 2 aromatic carbocycles. The fourth-order valence-corrected chi connectivity index (χ4v) is 5.15. The van der Waals surface area contributed by atoms with Crippen LogP contribution >= 0.6 is 0 Å². The lowest BCUT2D eigenvalue weighted by atomic mass is 9.63. The number of hydrogen-bond donors (Lipinski definition) is 3. The Hall–Kier alpha value is -3.73. The summed E-state index contributed by atoms with van der Waals surface area (Å²) in [5, 5.41) is 29.1. The van der Waals surface area contributed by atoms with Crippen LogP contribution in [0.4, 0.5) is 27.6 Å². The predicted octanol–water partition coefficient (Wildman–Crippen LogP) is 5.53. The van der Waals surface area contributed by atoms with Gasteiger partial charge in [-0.15, -0.1) is 0 Å². The number of alkyl halides is 3. The van der Waals surface area contributed by atoms with E-state index in [0.717, 1.165) is 18.2 Å². The third kappa shape index (κ3) is 3.57. The van der Waals surface area contributed by atoms with Crippen LogP contribution in [0.5, 0.6) is 5.75 Å². The SMILES string of the molecule is CC1(C)C[C@](O)(C(F)(F)F)C(Nc2cccc3c2cnn3-c2ccc(F)nc2)c2ccc(F)c(O)c21. The summed E-state index contributed by atoms with van der Waals surface area (Å²) >= 11 is 0. The number of nitrogens with zero attached hydrogens (tertiary/aromatic N) is 3. The van der Waals surface area contributed by atoms with E-state index >= 15 is 0 Å². The van der Waals surface area contributed by atoms with E-state index in [1.165, 1.54) is 43.1 Å². The van der Waals surface area contributed by atoms with E-state index in [-0.39, 0.29) is 16.8 Å². The number of aromatic nitrogens is 3. The van der Waals surface area contributed by atoms with E-state index in [9.17, 15) is 32.2 Å². The summed E-state index contributed by atoms with van der Waals surface area (Å²) in [6, 6.07) is 7.64. The highest BCUT2D eigenvalue weighted by molar-refractivity contribution is 5.92. The van der Waals surface area contributed by atoms with E-state index < -0.39 is 47.2 Å². The normalized spacial score (nSPS) is 21.4. The van der Waals surface area contributed by atoms with Gasteiger partial charge in [0.25, 0.3) is 0 Å². The molecular formula is C25H21F5N4O2. The molecule has 1 unspecified atom stereocenters. The highest BCUT2D eigenvalue weighted by Crippen LogP contribution is 2.56. The molecule has 3 N–H and O–H groups in total. The molecule has 6 nitrogen and oxygen atoms in total. The van der Waals surface area contributed by atoms with Crippen molar-refractivity contribution in [1.29, 1.82) is 0 Å². The maximum absolute atomic E-state index is 14.4. The average Bonchev–Trinajstić information content (AvgIpc) is 3.23. The Morgan fingerprint density at radius 3 is 2.47 bits per heavy atom. The summed E-state index contributed by atoms with van der Waals surface area (Å²) in [4.78, 5) is 3.60. The van der Waals surface area contributed by atoms with Gasteiger partial charge in [0.15, 0.2) is 17.2 Å². The van der Waals surface area contributed by atoms with E-state index in [0.29, 0.717) is 16.6 Å². The molecule has 36 heavy (non-hydrogen) atoms.